The molecule has 5 nitrogen and oxygen atoms in total. The second kappa shape index (κ2) is 19.8. The van der Waals surface area contributed by atoms with Crippen LogP contribution in [0.1, 0.15) is 0 Å². The summed E-state index contributed by atoms with van der Waals surface area (Å²) in [6, 6.07) is 68.0. The molecule has 2 aromatic heterocycles. The Bertz CT molecular complexity index is 2580. The van der Waals surface area contributed by atoms with Crippen LogP contribution in [0.3, 0.4) is 0 Å². The summed E-state index contributed by atoms with van der Waals surface area (Å²) in [5, 5.41) is 0. The Hall–Kier alpha value is -6.17. The van der Waals surface area contributed by atoms with E-state index in [4.69, 9.17) is 11.2 Å². The topological polar surface area (TPSA) is 33.5 Å². The van der Waals surface area contributed by atoms with Crippen molar-refractivity contribution in [3.05, 3.63) is 220 Å². The quantitative estimate of drug-likeness (QED) is 0.112. The standard InChI is InChI=1S/C45H29N3O.C6H4N.2Pt/c1-47-26-27-48(32-47)39-19-10-21-41(31-39)49-40-20-9-17-37(29-40)44-30-36(24-25-46-44)35-16-8-18-38(28-35)45-42(33-12-4-2-5-13-33)22-11-23-43(45)34-14-6-3-7-15-34;1-2-7-5-3-4-6-7;;/h2-15,18-28,32H,1H3;3-6H;;/q-6;-1;;+4. The second-order valence-electron chi connectivity index (χ2n) is 12.8. The average Bonchev–Trinajstić information content (AvgIpc) is 3.97. The van der Waals surface area contributed by atoms with Gasteiger partial charge in [0.15, 0.2) is 0 Å². The van der Waals surface area contributed by atoms with Crippen LogP contribution in [0.25, 0.3) is 55.8 Å². The largest absolute Gasteiger partial charge is 4.00 e. The van der Waals surface area contributed by atoms with Crippen LogP contribution in [-0.4, -0.2) is 21.5 Å². The molecule has 0 spiro atoms. The first-order valence-corrected chi connectivity index (χ1v) is 18.0. The normalized spacial score (nSPS) is 11.4. The molecule has 0 N–H and O–H groups in total. The van der Waals surface area contributed by atoms with Crippen LogP contribution in [0.15, 0.2) is 177 Å². The van der Waals surface area contributed by atoms with Gasteiger partial charge < -0.3 is 42.1 Å². The molecule has 3 heterocycles. The number of nitrogens with zero attached hydrogens (tertiary/aromatic N) is 4. The van der Waals surface area contributed by atoms with Gasteiger partial charge in [0, 0.05) is 39.2 Å². The van der Waals surface area contributed by atoms with E-state index in [2.05, 4.69) is 120 Å². The smallest absolute Gasteiger partial charge is 0.669 e. The molecule has 0 saturated carbocycles. The molecular formula is C51H33N4OPt2-3. The summed E-state index contributed by atoms with van der Waals surface area (Å²) in [7, 11) is 1.98. The first-order chi connectivity index (χ1) is 27.6. The number of benzene rings is 6. The van der Waals surface area contributed by atoms with E-state index in [-0.39, 0.29) is 42.1 Å². The van der Waals surface area contributed by atoms with Crippen molar-refractivity contribution in [3.8, 4) is 73.3 Å². The Balaban J connectivity index is 0.000000572. The molecule has 0 saturated heterocycles. The molecular weight excluding hydrogens is 1070 g/mol. The number of pyridine rings is 1. The van der Waals surface area contributed by atoms with Crippen molar-refractivity contribution in [3.63, 3.8) is 0 Å². The molecule has 0 fully saturated rings. The van der Waals surface area contributed by atoms with Crippen molar-refractivity contribution in [2.75, 3.05) is 11.9 Å². The van der Waals surface area contributed by atoms with Gasteiger partial charge in [-0.3, -0.25) is 12.1 Å². The minimum Gasteiger partial charge on any atom is -0.669 e. The Labute approximate surface area is 369 Å². The summed E-state index contributed by atoms with van der Waals surface area (Å²) in [5.74, 6) is 1.13. The summed E-state index contributed by atoms with van der Waals surface area (Å²) < 4.78 is 7.73. The maximum absolute atomic E-state index is 6.57. The van der Waals surface area contributed by atoms with Crippen molar-refractivity contribution in [1.82, 2.24) is 14.5 Å². The van der Waals surface area contributed by atoms with Gasteiger partial charge in [-0.05, 0) is 65.6 Å². The number of hydrogen-bond donors (Lipinski definition) is 0. The number of anilines is 1. The number of hydrogen-bond acceptors (Lipinski definition) is 4. The van der Waals surface area contributed by atoms with Crippen molar-refractivity contribution in [1.29, 1.82) is 0 Å². The summed E-state index contributed by atoms with van der Waals surface area (Å²) >= 11 is 0. The molecule has 0 bridgehead atoms. The van der Waals surface area contributed by atoms with Crippen molar-refractivity contribution < 1.29 is 46.9 Å². The van der Waals surface area contributed by atoms with Gasteiger partial charge in [-0.1, -0.05) is 84.6 Å². The van der Waals surface area contributed by atoms with E-state index < -0.39 is 0 Å². The Morgan fingerprint density at radius 3 is 1.98 bits per heavy atom. The zero-order chi connectivity index (χ0) is 38.1. The van der Waals surface area contributed by atoms with E-state index in [0.717, 1.165) is 22.4 Å². The van der Waals surface area contributed by atoms with Crippen LogP contribution < -0.4 is 9.64 Å². The van der Waals surface area contributed by atoms with E-state index in [1.165, 1.54) is 27.8 Å². The zero-order valence-corrected chi connectivity index (χ0v) is 35.7. The van der Waals surface area contributed by atoms with Crippen LogP contribution >= 0.6 is 0 Å². The van der Waals surface area contributed by atoms with Gasteiger partial charge in [-0.15, -0.1) is 35.5 Å². The molecule has 0 atom stereocenters. The van der Waals surface area contributed by atoms with Crippen LogP contribution in [0.4, 0.5) is 5.69 Å². The molecule has 0 amide bonds. The SMILES string of the molecule is CN1C=CN(c2[c-]c(Oc3[c-]c(-c4[c-]c(-c5[c-]ccc(-c6c(-c7ccccc7)cccc6-c6ccccc6)c5)ccn4)[c-]cc3)ccc2)[CH-]1.[C-]#Cn1cccc1.[Pt+4].[Pt]. The van der Waals surface area contributed by atoms with Gasteiger partial charge in [0.05, 0.1) is 0 Å². The fourth-order valence-corrected chi connectivity index (χ4v) is 6.38. The number of rotatable bonds is 8. The van der Waals surface area contributed by atoms with Crippen molar-refractivity contribution in [2.45, 2.75) is 0 Å². The summed E-state index contributed by atoms with van der Waals surface area (Å²) in [5.41, 5.74) is 10.9. The van der Waals surface area contributed by atoms with E-state index in [0.29, 0.717) is 22.8 Å². The maximum Gasteiger partial charge on any atom is 4.00 e. The predicted molar refractivity (Wildman–Crippen MR) is 223 cm³/mol. The van der Waals surface area contributed by atoms with Crippen molar-refractivity contribution >= 4 is 5.69 Å². The molecule has 0 aliphatic carbocycles. The minimum absolute atomic E-state index is 0. The van der Waals surface area contributed by atoms with Gasteiger partial charge in [-0.2, -0.15) is 48.8 Å². The number of ether oxygens (including phenoxy) is 1. The van der Waals surface area contributed by atoms with Gasteiger partial charge in [-0.25, -0.2) is 23.2 Å². The molecule has 7 heteroatoms. The third kappa shape index (κ3) is 9.85. The Morgan fingerprint density at radius 2 is 1.33 bits per heavy atom. The van der Waals surface area contributed by atoms with Gasteiger partial charge in [0.25, 0.3) is 0 Å². The average molecular weight is 1110 g/mol. The second-order valence-corrected chi connectivity index (χ2v) is 12.8. The molecule has 286 valence electrons. The van der Waals surface area contributed by atoms with E-state index >= 15 is 0 Å². The molecule has 6 aromatic carbocycles. The molecule has 0 unspecified atom stereocenters. The predicted octanol–water partition coefficient (Wildman–Crippen LogP) is 11.4. The van der Waals surface area contributed by atoms with Crippen LogP contribution in [-0.2, 0) is 42.1 Å². The fourth-order valence-electron chi connectivity index (χ4n) is 6.38. The molecule has 1 aliphatic heterocycles. The van der Waals surface area contributed by atoms with Gasteiger partial charge >= 0.3 is 21.1 Å². The first kappa shape index (κ1) is 41.5. The molecule has 8 aromatic rings. The minimum atomic E-state index is 0. The Morgan fingerprint density at radius 1 is 0.655 bits per heavy atom. The third-order valence-corrected chi connectivity index (χ3v) is 9.01. The van der Waals surface area contributed by atoms with E-state index in [1.807, 2.05) is 103 Å². The molecule has 0 radical (unpaired) electrons. The molecule has 58 heavy (non-hydrogen) atoms. The molecule has 9 rings (SSSR count). The first-order valence-electron chi connectivity index (χ1n) is 18.0. The fraction of sp³-hybridized carbons (Fsp3) is 0.0196. The summed E-state index contributed by atoms with van der Waals surface area (Å²) in [6.45, 7) is 1.98. The molecule has 1 aliphatic rings. The monoisotopic (exact) mass is 1110 g/mol. The van der Waals surface area contributed by atoms with Crippen LogP contribution in [0.5, 0.6) is 11.5 Å². The van der Waals surface area contributed by atoms with Crippen LogP contribution in [0.2, 0.25) is 0 Å². The summed E-state index contributed by atoms with van der Waals surface area (Å²) in [6.07, 6.45) is 15.8. The number of aromatic nitrogens is 2. The zero-order valence-electron chi connectivity index (χ0n) is 31.2. The summed E-state index contributed by atoms with van der Waals surface area (Å²) in [4.78, 5) is 8.59. The van der Waals surface area contributed by atoms with Gasteiger partial charge in [0.2, 0.25) is 0 Å². The van der Waals surface area contributed by atoms with E-state index in [9.17, 15) is 0 Å². The Kier molecular flexibility index (Phi) is 14.2. The van der Waals surface area contributed by atoms with Crippen LogP contribution in [0, 0.1) is 49.5 Å². The third-order valence-electron chi connectivity index (χ3n) is 9.01. The van der Waals surface area contributed by atoms with Crippen molar-refractivity contribution in [2.24, 2.45) is 0 Å². The van der Waals surface area contributed by atoms with Gasteiger partial charge in [0.1, 0.15) is 0 Å². The maximum atomic E-state index is 6.57. The van der Waals surface area contributed by atoms with E-state index in [1.54, 1.807) is 23.2 Å².